The first kappa shape index (κ1) is 15.3. The Morgan fingerprint density at radius 3 is 2.14 bits per heavy atom. The summed E-state index contributed by atoms with van der Waals surface area (Å²) in [7, 11) is 1.40. The van der Waals surface area contributed by atoms with Crippen molar-refractivity contribution in [1.29, 1.82) is 0 Å². The molecule has 0 saturated heterocycles. The van der Waals surface area contributed by atoms with E-state index in [2.05, 4.69) is 0 Å². The molecule has 0 saturated carbocycles. The van der Waals surface area contributed by atoms with Crippen molar-refractivity contribution < 1.29 is 19.0 Å². The van der Waals surface area contributed by atoms with Crippen LogP contribution in [0.15, 0.2) is 42.5 Å². The second kappa shape index (κ2) is 6.59. The van der Waals surface area contributed by atoms with Crippen molar-refractivity contribution in [1.82, 2.24) is 0 Å². The molecule has 2 aromatic carbocycles. The first-order chi connectivity index (χ1) is 10.0. The molecule has 0 amide bonds. The van der Waals surface area contributed by atoms with Gasteiger partial charge in [0.25, 0.3) is 0 Å². The second-order valence-corrected chi connectivity index (χ2v) is 5.03. The van der Waals surface area contributed by atoms with E-state index in [0.717, 1.165) is 5.75 Å². The normalized spacial score (nSPS) is 12.3. The molecule has 0 heterocycles. The van der Waals surface area contributed by atoms with Crippen LogP contribution in [0.2, 0.25) is 0 Å². The monoisotopic (exact) mass is 290 g/mol. The molecule has 0 fully saturated rings. The van der Waals surface area contributed by atoms with Crippen LogP contribution in [0.3, 0.4) is 0 Å². The molecule has 2 rings (SSSR count). The Labute approximate surface area is 124 Å². The summed E-state index contributed by atoms with van der Waals surface area (Å²) >= 11 is 0. The number of hydrogen-bond donors (Lipinski definition) is 1. The molecule has 0 aliphatic carbocycles. The van der Waals surface area contributed by atoms with Crippen molar-refractivity contribution in [3.8, 4) is 11.5 Å². The Morgan fingerprint density at radius 1 is 1.00 bits per heavy atom. The van der Waals surface area contributed by atoms with E-state index in [1.165, 1.54) is 19.2 Å². The van der Waals surface area contributed by atoms with Crippen LogP contribution in [0.1, 0.15) is 31.1 Å². The maximum Gasteiger partial charge on any atom is 0.165 e. The number of benzene rings is 2. The Bertz CT molecular complexity index is 593. The van der Waals surface area contributed by atoms with Gasteiger partial charge < -0.3 is 14.6 Å². The van der Waals surface area contributed by atoms with Gasteiger partial charge in [-0.15, -0.1) is 0 Å². The lowest BCUT2D eigenvalue weighted by Gasteiger charge is -2.14. The van der Waals surface area contributed by atoms with Gasteiger partial charge in [0.1, 0.15) is 11.9 Å². The molecule has 3 nitrogen and oxygen atoms in total. The summed E-state index contributed by atoms with van der Waals surface area (Å²) < 4.78 is 24.1. The quantitative estimate of drug-likeness (QED) is 0.912. The maximum absolute atomic E-state index is 13.7. The fraction of sp³-hybridized carbons (Fsp3) is 0.294. The molecule has 0 aliphatic rings. The predicted octanol–water partition coefficient (Wildman–Crippen LogP) is 3.70. The topological polar surface area (TPSA) is 38.7 Å². The van der Waals surface area contributed by atoms with Gasteiger partial charge in [-0.05, 0) is 49.2 Å². The third-order valence-electron chi connectivity index (χ3n) is 3.06. The first-order valence-electron chi connectivity index (χ1n) is 6.79. The van der Waals surface area contributed by atoms with Crippen molar-refractivity contribution in [2.45, 2.75) is 26.1 Å². The Morgan fingerprint density at radius 2 is 1.62 bits per heavy atom. The summed E-state index contributed by atoms with van der Waals surface area (Å²) in [5.74, 6) is 0.405. The number of aliphatic hydroxyl groups excluding tert-OH is 1. The van der Waals surface area contributed by atoms with Crippen molar-refractivity contribution in [3.63, 3.8) is 0 Å². The average Bonchev–Trinajstić information content (AvgIpc) is 2.46. The standard InChI is InChI=1S/C17H19FO3/c1-11(2)21-14-7-4-12(5-8-14)17(19)13-6-9-16(20-3)15(18)10-13/h4-11,17,19H,1-3H3. The van der Waals surface area contributed by atoms with E-state index in [4.69, 9.17) is 9.47 Å². The molecule has 0 aromatic heterocycles. The highest BCUT2D eigenvalue weighted by Gasteiger charge is 2.13. The number of rotatable bonds is 5. The summed E-state index contributed by atoms with van der Waals surface area (Å²) in [4.78, 5) is 0. The first-order valence-corrected chi connectivity index (χ1v) is 6.79. The van der Waals surface area contributed by atoms with Crippen LogP contribution in [0.4, 0.5) is 4.39 Å². The smallest absolute Gasteiger partial charge is 0.165 e. The Balaban J connectivity index is 2.19. The van der Waals surface area contributed by atoms with E-state index in [9.17, 15) is 9.50 Å². The van der Waals surface area contributed by atoms with Gasteiger partial charge in [0, 0.05) is 0 Å². The van der Waals surface area contributed by atoms with Gasteiger partial charge in [-0.1, -0.05) is 18.2 Å². The summed E-state index contributed by atoms with van der Waals surface area (Å²) in [6.45, 7) is 3.89. The van der Waals surface area contributed by atoms with Gasteiger partial charge in [0.05, 0.1) is 13.2 Å². The van der Waals surface area contributed by atoms with Crippen LogP contribution in [-0.2, 0) is 0 Å². The summed E-state index contributed by atoms with van der Waals surface area (Å²) in [6.07, 6.45) is -0.796. The van der Waals surface area contributed by atoms with E-state index in [-0.39, 0.29) is 11.9 Å². The van der Waals surface area contributed by atoms with Crippen LogP contribution < -0.4 is 9.47 Å². The molecule has 4 heteroatoms. The van der Waals surface area contributed by atoms with E-state index in [1.807, 2.05) is 13.8 Å². The minimum atomic E-state index is -0.890. The van der Waals surface area contributed by atoms with Crippen LogP contribution in [0.5, 0.6) is 11.5 Å². The second-order valence-electron chi connectivity index (χ2n) is 5.03. The minimum absolute atomic E-state index is 0.0939. The fourth-order valence-corrected chi connectivity index (χ4v) is 2.05. The number of ether oxygens (including phenoxy) is 2. The van der Waals surface area contributed by atoms with E-state index < -0.39 is 11.9 Å². The molecule has 0 bridgehead atoms. The van der Waals surface area contributed by atoms with Gasteiger partial charge in [0.2, 0.25) is 0 Å². The summed E-state index contributed by atoms with van der Waals surface area (Å²) in [6, 6.07) is 11.5. The zero-order valence-electron chi connectivity index (χ0n) is 12.3. The Kier molecular flexibility index (Phi) is 4.81. The Hall–Kier alpha value is -2.07. The third kappa shape index (κ3) is 3.73. The van der Waals surface area contributed by atoms with Crippen molar-refractivity contribution >= 4 is 0 Å². The third-order valence-corrected chi connectivity index (χ3v) is 3.06. The highest BCUT2D eigenvalue weighted by molar-refractivity contribution is 5.37. The summed E-state index contributed by atoms with van der Waals surface area (Å²) in [5, 5.41) is 10.3. The number of methoxy groups -OCH3 is 1. The SMILES string of the molecule is COc1ccc(C(O)c2ccc(OC(C)C)cc2)cc1F. The lowest BCUT2D eigenvalue weighted by atomic mass is 10.0. The van der Waals surface area contributed by atoms with Crippen LogP contribution >= 0.6 is 0 Å². The molecule has 1 atom stereocenters. The van der Waals surface area contributed by atoms with Gasteiger partial charge in [-0.3, -0.25) is 0 Å². The molecular weight excluding hydrogens is 271 g/mol. The molecule has 1 N–H and O–H groups in total. The lowest BCUT2D eigenvalue weighted by Crippen LogP contribution is -2.06. The maximum atomic E-state index is 13.7. The van der Waals surface area contributed by atoms with Crippen molar-refractivity contribution in [2.24, 2.45) is 0 Å². The average molecular weight is 290 g/mol. The van der Waals surface area contributed by atoms with Gasteiger partial charge in [0.15, 0.2) is 11.6 Å². The van der Waals surface area contributed by atoms with Gasteiger partial charge in [-0.2, -0.15) is 0 Å². The molecule has 112 valence electrons. The molecule has 0 spiro atoms. The van der Waals surface area contributed by atoms with E-state index >= 15 is 0 Å². The lowest BCUT2D eigenvalue weighted by molar-refractivity contribution is 0.218. The van der Waals surface area contributed by atoms with E-state index in [1.54, 1.807) is 30.3 Å². The van der Waals surface area contributed by atoms with Crippen LogP contribution in [0, 0.1) is 5.82 Å². The van der Waals surface area contributed by atoms with Gasteiger partial charge >= 0.3 is 0 Å². The predicted molar refractivity (Wildman–Crippen MR) is 79.2 cm³/mol. The zero-order chi connectivity index (χ0) is 15.4. The minimum Gasteiger partial charge on any atom is -0.494 e. The highest BCUT2D eigenvalue weighted by atomic mass is 19.1. The van der Waals surface area contributed by atoms with Crippen molar-refractivity contribution in [2.75, 3.05) is 7.11 Å². The molecule has 1 unspecified atom stereocenters. The van der Waals surface area contributed by atoms with Crippen LogP contribution in [0.25, 0.3) is 0 Å². The van der Waals surface area contributed by atoms with Gasteiger partial charge in [-0.25, -0.2) is 4.39 Å². The summed E-state index contributed by atoms with van der Waals surface area (Å²) in [5.41, 5.74) is 1.15. The molecule has 21 heavy (non-hydrogen) atoms. The van der Waals surface area contributed by atoms with Crippen LogP contribution in [-0.4, -0.2) is 18.3 Å². The molecule has 2 aromatic rings. The molecular formula is C17H19FO3. The fourth-order valence-electron chi connectivity index (χ4n) is 2.05. The largest absolute Gasteiger partial charge is 0.494 e. The highest BCUT2D eigenvalue weighted by Crippen LogP contribution is 2.27. The number of aliphatic hydroxyl groups is 1. The van der Waals surface area contributed by atoms with Crippen molar-refractivity contribution in [3.05, 3.63) is 59.4 Å². The molecule has 0 radical (unpaired) electrons. The number of halogens is 1. The number of hydrogen-bond acceptors (Lipinski definition) is 3. The molecule has 0 aliphatic heterocycles. The zero-order valence-corrected chi connectivity index (χ0v) is 12.3. The van der Waals surface area contributed by atoms with E-state index in [0.29, 0.717) is 11.1 Å².